The maximum atomic E-state index is 5.25. The SMILES string of the molecule is Cl.NNc1ccc2ccc(Br)cc2n1. The maximum absolute atomic E-state index is 5.25. The van der Waals surface area contributed by atoms with Gasteiger partial charge in [-0.15, -0.1) is 12.4 Å². The molecule has 3 N–H and O–H groups in total. The van der Waals surface area contributed by atoms with Crippen molar-refractivity contribution in [1.29, 1.82) is 0 Å². The van der Waals surface area contributed by atoms with Gasteiger partial charge in [-0.1, -0.05) is 22.0 Å². The molecule has 3 nitrogen and oxygen atoms in total. The van der Waals surface area contributed by atoms with Crippen molar-refractivity contribution in [3.05, 3.63) is 34.8 Å². The first-order valence-corrected chi connectivity index (χ1v) is 4.62. The molecule has 1 heterocycles. The lowest BCUT2D eigenvalue weighted by atomic mass is 10.2. The second-order valence-electron chi connectivity index (χ2n) is 2.68. The number of pyridine rings is 1. The summed E-state index contributed by atoms with van der Waals surface area (Å²) in [5, 5.41) is 1.10. The van der Waals surface area contributed by atoms with Gasteiger partial charge in [0.2, 0.25) is 0 Å². The molecule has 0 bridgehead atoms. The third-order valence-corrected chi connectivity index (χ3v) is 2.30. The van der Waals surface area contributed by atoms with Crippen LogP contribution in [0.25, 0.3) is 10.9 Å². The van der Waals surface area contributed by atoms with E-state index in [0.29, 0.717) is 5.82 Å². The Morgan fingerprint density at radius 1 is 1.21 bits per heavy atom. The Hall–Kier alpha value is -0.840. The number of halogens is 2. The average molecular weight is 275 g/mol. The highest BCUT2D eigenvalue weighted by atomic mass is 79.9. The molecule has 0 aliphatic heterocycles. The number of hydrazine groups is 1. The van der Waals surface area contributed by atoms with Crippen LogP contribution in [-0.4, -0.2) is 4.98 Å². The van der Waals surface area contributed by atoms with E-state index in [1.807, 2.05) is 30.3 Å². The lowest BCUT2D eigenvalue weighted by molar-refractivity contribution is 1.26. The third kappa shape index (κ3) is 2.15. The molecule has 0 spiro atoms. The molecule has 0 amide bonds. The Bertz CT molecular complexity index is 447. The smallest absolute Gasteiger partial charge is 0.140 e. The van der Waals surface area contributed by atoms with Crippen LogP contribution in [0.5, 0.6) is 0 Å². The predicted octanol–water partition coefficient (Wildman–Crippen LogP) is 2.70. The minimum Gasteiger partial charge on any atom is -0.308 e. The number of nitrogens with two attached hydrogens (primary N) is 1. The fourth-order valence-corrected chi connectivity index (χ4v) is 1.52. The van der Waals surface area contributed by atoms with Gasteiger partial charge in [0.25, 0.3) is 0 Å². The van der Waals surface area contributed by atoms with Crippen molar-refractivity contribution < 1.29 is 0 Å². The molecular weight excluding hydrogens is 265 g/mol. The largest absolute Gasteiger partial charge is 0.308 e. The van der Waals surface area contributed by atoms with Crippen molar-refractivity contribution >= 4 is 45.1 Å². The summed E-state index contributed by atoms with van der Waals surface area (Å²) in [5.41, 5.74) is 3.43. The quantitative estimate of drug-likeness (QED) is 0.621. The fraction of sp³-hybridized carbons (Fsp3) is 0. The van der Waals surface area contributed by atoms with E-state index in [1.54, 1.807) is 0 Å². The molecule has 0 aliphatic rings. The van der Waals surface area contributed by atoms with Crippen LogP contribution in [0, 0.1) is 0 Å². The lowest BCUT2D eigenvalue weighted by Crippen LogP contribution is -2.08. The van der Waals surface area contributed by atoms with Gasteiger partial charge in [-0.25, -0.2) is 10.8 Å². The summed E-state index contributed by atoms with van der Waals surface area (Å²) in [6.07, 6.45) is 0. The first-order valence-electron chi connectivity index (χ1n) is 3.82. The van der Waals surface area contributed by atoms with Gasteiger partial charge >= 0.3 is 0 Å². The van der Waals surface area contributed by atoms with Crippen LogP contribution in [0.4, 0.5) is 5.82 Å². The van der Waals surface area contributed by atoms with Gasteiger partial charge in [0.1, 0.15) is 5.82 Å². The molecule has 74 valence electrons. The van der Waals surface area contributed by atoms with Crippen LogP contribution in [0.15, 0.2) is 34.8 Å². The van der Waals surface area contributed by atoms with Gasteiger partial charge < -0.3 is 5.43 Å². The second kappa shape index (κ2) is 4.59. The first-order chi connectivity index (χ1) is 6.29. The maximum Gasteiger partial charge on any atom is 0.140 e. The summed E-state index contributed by atoms with van der Waals surface area (Å²) in [6, 6.07) is 9.77. The van der Waals surface area contributed by atoms with Crippen molar-refractivity contribution in [3.63, 3.8) is 0 Å². The summed E-state index contributed by atoms with van der Waals surface area (Å²) in [5.74, 6) is 5.93. The zero-order valence-corrected chi connectivity index (χ0v) is 9.60. The Labute approximate surface area is 96.2 Å². The molecule has 0 fully saturated rings. The molecular formula is C9H9BrClN3. The van der Waals surface area contributed by atoms with Gasteiger partial charge in [0.05, 0.1) is 5.52 Å². The number of hydrogen-bond acceptors (Lipinski definition) is 3. The number of nitrogen functional groups attached to an aromatic ring is 1. The summed E-state index contributed by atoms with van der Waals surface area (Å²) in [6.45, 7) is 0. The zero-order valence-electron chi connectivity index (χ0n) is 7.20. The number of fused-ring (bicyclic) bond motifs is 1. The van der Waals surface area contributed by atoms with E-state index < -0.39 is 0 Å². The number of nitrogens with zero attached hydrogens (tertiary/aromatic N) is 1. The molecule has 5 heteroatoms. The number of rotatable bonds is 1. The lowest BCUT2D eigenvalue weighted by Gasteiger charge is -2.01. The van der Waals surface area contributed by atoms with E-state index in [-0.39, 0.29) is 12.4 Å². The van der Waals surface area contributed by atoms with Crippen LogP contribution in [0.3, 0.4) is 0 Å². The molecule has 2 aromatic rings. The Balaban J connectivity index is 0.000000980. The third-order valence-electron chi connectivity index (χ3n) is 1.80. The molecule has 0 unspecified atom stereocenters. The molecule has 1 aromatic carbocycles. The Morgan fingerprint density at radius 3 is 2.64 bits per heavy atom. The van der Waals surface area contributed by atoms with E-state index in [4.69, 9.17) is 5.84 Å². The Morgan fingerprint density at radius 2 is 1.93 bits per heavy atom. The molecule has 0 saturated heterocycles. The normalized spacial score (nSPS) is 9.57. The topological polar surface area (TPSA) is 50.9 Å². The van der Waals surface area contributed by atoms with E-state index in [0.717, 1.165) is 15.4 Å². The molecule has 0 saturated carbocycles. The van der Waals surface area contributed by atoms with Crippen LogP contribution in [0.1, 0.15) is 0 Å². The number of hydrogen-bond donors (Lipinski definition) is 2. The number of anilines is 1. The van der Waals surface area contributed by atoms with Gasteiger partial charge in [0, 0.05) is 9.86 Å². The van der Waals surface area contributed by atoms with Crippen molar-refractivity contribution in [2.45, 2.75) is 0 Å². The predicted molar refractivity (Wildman–Crippen MR) is 64.5 cm³/mol. The number of aromatic nitrogens is 1. The summed E-state index contributed by atoms with van der Waals surface area (Å²) >= 11 is 3.39. The fourth-order valence-electron chi connectivity index (χ4n) is 1.17. The summed E-state index contributed by atoms with van der Waals surface area (Å²) in [7, 11) is 0. The molecule has 2 rings (SSSR count). The minimum atomic E-state index is 0. The highest BCUT2D eigenvalue weighted by molar-refractivity contribution is 9.10. The molecule has 14 heavy (non-hydrogen) atoms. The summed E-state index contributed by atoms with van der Waals surface area (Å²) in [4.78, 5) is 4.29. The van der Waals surface area contributed by atoms with E-state index in [2.05, 4.69) is 26.3 Å². The highest BCUT2D eigenvalue weighted by Gasteiger charge is 1.96. The van der Waals surface area contributed by atoms with Crippen molar-refractivity contribution in [3.8, 4) is 0 Å². The van der Waals surface area contributed by atoms with Gasteiger partial charge in [-0.2, -0.15) is 0 Å². The molecule has 0 atom stereocenters. The van der Waals surface area contributed by atoms with Crippen molar-refractivity contribution in [2.75, 3.05) is 5.43 Å². The van der Waals surface area contributed by atoms with E-state index in [9.17, 15) is 0 Å². The molecule has 0 radical (unpaired) electrons. The molecule has 1 aromatic heterocycles. The zero-order chi connectivity index (χ0) is 9.26. The van der Waals surface area contributed by atoms with Crippen LogP contribution in [0.2, 0.25) is 0 Å². The standard InChI is InChI=1S/C9H8BrN3.ClH/c10-7-3-1-6-2-4-9(13-11)12-8(6)5-7;/h1-5H,11H2,(H,12,13);1H. The van der Waals surface area contributed by atoms with Crippen LogP contribution in [-0.2, 0) is 0 Å². The van der Waals surface area contributed by atoms with Gasteiger partial charge in [-0.05, 0) is 24.3 Å². The van der Waals surface area contributed by atoms with E-state index in [1.165, 1.54) is 0 Å². The average Bonchev–Trinajstić information content (AvgIpc) is 2.16. The van der Waals surface area contributed by atoms with E-state index >= 15 is 0 Å². The van der Waals surface area contributed by atoms with Crippen molar-refractivity contribution in [1.82, 2.24) is 4.98 Å². The first kappa shape index (κ1) is 11.2. The van der Waals surface area contributed by atoms with Gasteiger partial charge in [-0.3, -0.25) is 0 Å². The minimum absolute atomic E-state index is 0. The van der Waals surface area contributed by atoms with Crippen LogP contribution < -0.4 is 11.3 Å². The number of nitrogens with one attached hydrogen (secondary N) is 1. The van der Waals surface area contributed by atoms with Crippen LogP contribution >= 0.6 is 28.3 Å². The summed E-state index contributed by atoms with van der Waals surface area (Å²) < 4.78 is 1.02. The second-order valence-corrected chi connectivity index (χ2v) is 3.59. The van der Waals surface area contributed by atoms with Gasteiger partial charge in [0.15, 0.2) is 0 Å². The monoisotopic (exact) mass is 273 g/mol. The van der Waals surface area contributed by atoms with Crippen molar-refractivity contribution in [2.24, 2.45) is 5.84 Å². The highest BCUT2D eigenvalue weighted by Crippen LogP contribution is 2.19. The molecule has 0 aliphatic carbocycles. The number of benzene rings is 1. The Kier molecular flexibility index (Phi) is 3.69.